The van der Waals surface area contributed by atoms with Gasteiger partial charge in [-0.25, -0.2) is 4.39 Å². The minimum Gasteiger partial charge on any atom is -0.356 e. The van der Waals surface area contributed by atoms with E-state index in [9.17, 15) is 9.18 Å². The van der Waals surface area contributed by atoms with Crippen LogP contribution in [0.15, 0.2) is 46.3 Å². The molecule has 0 aliphatic rings. The Morgan fingerprint density at radius 3 is 2.79 bits per heavy atom. The van der Waals surface area contributed by atoms with E-state index in [0.29, 0.717) is 30.2 Å². The molecule has 2 aromatic heterocycles. The van der Waals surface area contributed by atoms with E-state index < -0.39 is 0 Å². The van der Waals surface area contributed by atoms with Gasteiger partial charge in [0.05, 0.1) is 0 Å². The molecule has 124 valence electrons. The minimum absolute atomic E-state index is 0.0481. The van der Waals surface area contributed by atoms with Crippen molar-refractivity contribution in [3.05, 3.63) is 58.4 Å². The van der Waals surface area contributed by atoms with E-state index in [-0.39, 0.29) is 18.1 Å². The summed E-state index contributed by atoms with van der Waals surface area (Å²) in [6.45, 7) is 0.615. The highest BCUT2D eigenvalue weighted by Crippen LogP contribution is 2.16. The van der Waals surface area contributed by atoms with Gasteiger partial charge >= 0.3 is 0 Å². The van der Waals surface area contributed by atoms with E-state index in [1.807, 2.05) is 17.5 Å². The van der Waals surface area contributed by atoms with Crippen molar-refractivity contribution in [3.8, 4) is 11.4 Å². The molecule has 0 atom stereocenters. The molecule has 0 saturated heterocycles. The van der Waals surface area contributed by atoms with Crippen LogP contribution >= 0.6 is 11.3 Å². The second kappa shape index (κ2) is 7.83. The predicted octanol–water partition coefficient (Wildman–Crippen LogP) is 3.23. The lowest BCUT2D eigenvalue weighted by atomic mass is 10.2. The lowest BCUT2D eigenvalue weighted by Crippen LogP contribution is -2.25. The van der Waals surface area contributed by atoms with Crippen molar-refractivity contribution in [2.24, 2.45) is 0 Å². The summed E-state index contributed by atoms with van der Waals surface area (Å²) < 4.78 is 18.0. The zero-order valence-corrected chi connectivity index (χ0v) is 13.7. The smallest absolute Gasteiger partial charge is 0.227 e. The first-order valence-corrected chi connectivity index (χ1v) is 8.46. The molecule has 0 unspecified atom stereocenters. The number of nitrogens with one attached hydrogen (secondary N) is 1. The molecular weight excluding hydrogens is 329 g/mol. The summed E-state index contributed by atoms with van der Waals surface area (Å²) in [5.41, 5.74) is 0.673. The zero-order chi connectivity index (χ0) is 16.8. The molecule has 0 bridgehead atoms. The molecule has 7 heteroatoms. The number of aryl methyl sites for hydroxylation is 1. The molecule has 0 saturated carbocycles. The Balaban J connectivity index is 1.44. The molecular formula is C17H16FN3O2S. The van der Waals surface area contributed by atoms with E-state index in [1.54, 1.807) is 23.5 Å². The number of benzene rings is 1. The van der Waals surface area contributed by atoms with Gasteiger partial charge in [-0.05, 0) is 42.1 Å². The predicted molar refractivity (Wildman–Crippen MR) is 89.0 cm³/mol. The fraction of sp³-hybridized carbons (Fsp3) is 0.235. The van der Waals surface area contributed by atoms with Gasteiger partial charge in [0.1, 0.15) is 5.82 Å². The highest BCUT2D eigenvalue weighted by molar-refractivity contribution is 7.09. The monoisotopic (exact) mass is 345 g/mol. The summed E-state index contributed by atoms with van der Waals surface area (Å²) in [7, 11) is 0. The molecule has 1 amide bonds. The van der Waals surface area contributed by atoms with Crippen molar-refractivity contribution in [3.63, 3.8) is 0 Å². The van der Waals surface area contributed by atoms with Gasteiger partial charge in [-0.15, -0.1) is 11.3 Å². The number of carbonyl (C=O) groups is 1. The fourth-order valence-electron chi connectivity index (χ4n) is 2.16. The maximum absolute atomic E-state index is 12.9. The summed E-state index contributed by atoms with van der Waals surface area (Å²) in [5.74, 6) is 0.417. The maximum Gasteiger partial charge on any atom is 0.227 e. The lowest BCUT2D eigenvalue weighted by Gasteiger charge is -2.02. The van der Waals surface area contributed by atoms with Gasteiger partial charge in [0, 0.05) is 29.8 Å². The van der Waals surface area contributed by atoms with Crippen LogP contribution in [-0.2, 0) is 17.6 Å². The van der Waals surface area contributed by atoms with E-state index in [0.717, 1.165) is 6.42 Å². The average molecular weight is 345 g/mol. The summed E-state index contributed by atoms with van der Waals surface area (Å²) in [4.78, 5) is 17.3. The SMILES string of the molecule is O=C(CCc1nc(-c2ccc(F)cc2)no1)NCCc1cccs1. The van der Waals surface area contributed by atoms with E-state index in [4.69, 9.17) is 4.52 Å². The van der Waals surface area contributed by atoms with Gasteiger partial charge in [0.25, 0.3) is 0 Å². The summed E-state index contributed by atoms with van der Waals surface area (Å²) in [6, 6.07) is 9.89. The van der Waals surface area contributed by atoms with Crippen LogP contribution in [0.4, 0.5) is 4.39 Å². The molecule has 0 fully saturated rings. The molecule has 1 N–H and O–H groups in total. The summed E-state index contributed by atoms with van der Waals surface area (Å²) in [5, 5.41) is 8.74. The molecule has 2 heterocycles. The zero-order valence-electron chi connectivity index (χ0n) is 12.9. The Morgan fingerprint density at radius 2 is 2.04 bits per heavy atom. The Kier molecular flexibility index (Phi) is 5.32. The molecule has 3 rings (SSSR count). The number of aromatic nitrogens is 2. The van der Waals surface area contributed by atoms with Crippen molar-refractivity contribution < 1.29 is 13.7 Å². The maximum atomic E-state index is 12.9. The quantitative estimate of drug-likeness (QED) is 0.714. The highest BCUT2D eigenvalue weighted by atomic mass is 32.1. The average Bonchev–Trinajstić information content (AvgIpc) is 3.25. The third-order valence-electron chi connectivity index (χ3n) is 3.41. The molecule has 0 spiro atoms. The first kappa shape index (κ1) is 16.3. The molecule has 5 nitrogen and oxygen atoms in total. The van der Waals surface area contributed by atoms with E-state index >= 15 is 0 Å². The van der Waals surface area contributed by atoms with E-state index in [1.165, 1.54) is 17.0 Å². The second-order valence-electron chi connectivity index (χ2n) is 5.20. The third kappa shape index (κ3) is 4.48. The van der Waals surface area contributed by atoms with Crippen LogP contribution in [0.3, 0.4) is 0 Å². The van der Waals surface area contributed by atoms with Crippen LogP contribution in [0, 0.1) is 5.82 Å². The fourth-order valence-corrected chi connectivity index (χ4v) is 2.87. The van der Waals surface area contributed by atoms with Gasteiger partial charge in [0.15, 0.2) is 0 Å². The van der Waals surface area contributed by atoms with Crippen molar-refractivity contribution in [1.82, 2.24) is 15.5 Å². The van der Waals surface area contributed by atoms with Gasteiger partial charge < -0.3 is 9.84 Å². The molecule has 0 aliphatic carbocycles. The van der Waals surface area contributed by atoms with Gasteiger partial charge in [0.2, 0.25) is 17.6 Å². The van der Waals surface area contributed by atoms with Gasteiger partial charge in [-0.3, -0.25) is 4.79 Å². The Bertz CT molecular complexity index is 785. The van der Waals surface area contributed by atoms with E-state index in [2.05, 4.69) is 15.5 Å². The Labute approximate surface area is 142 Å². The largest absolute Gasteiger partial charge is 0.356 e. The lowest BCUT2D eigenvalue weighted by molar-refractivity contribution is -0.121. The molecule has 24 heavy (non-hydrogen) atoms. The molecule has 3 aromatic rings. The number of hydrogen-bond acceptors (Lipinski definition) is 5. The van der Waals surface area contributed by atoms with Crippen LogP contribution in [0.1, 0.15) is 17.2 Å². The Morgan fingerprint density at radius 1 is 1.21 bits per heavy atom. The van der Waals surface area contributed by atoms with Gasteiger partial charge in [-0.2, -0.15) is 4.98 Å². The van der Waals surface area contributed by atoms with Crippen LogP contribution in [0.25, 0.3) is 11.4 Å². The van der Waals surface area contributed by atoms with Crippen molar-refractivity contribution in [2.75, 3.05) is 6.54 Å². The normalized spacial score (nSPS) is 10.7. The van der Waals surface area contributed by atoms with Crippen molar-refractivity contribution in [2.45, 2.75) is 19.3 Å². The van der Waals surface area contributed by atoms with Crippen LogP contribution in [0.5, 0.6) is 0 Å². The first-order valence-electron chi connectivity index (χ1n) is 7.58. The number of rotatable bonds is 7. The minimum atomic E-state index is -0.318. The Hall–Kier alpha value is -2.54. The van der Waals surface area contributed by atoms with Crippen LogP contribution in [0.2, 0.25) is 0 Å². The standard InChI is InChI=1S/C17H16FN3O2S/c18-13-5-3-12(4-6-13)17-20-16(23-21-17)8-7-15(22)19-10-9-14-2-1-11-24-14/h1-6,11H,7-10H2,(H,19,22). The highest BCUT2D eigenvalue weighted by Gasteiger charge is 2.10. The van der Waals surface area contributed by atoms with Crippen molar-refractivity contribution in [1.29, 1.82) is 0 Å². The second-order valence-corrected chi connectivity index (χ2v) is 6.23. The molecule has 1 aromatic carbocycles. The molecule has 0 aliphatic heterocycles. The van der Waals surface area contributed by atoms with Crippen LogP contribution < -0.4 is 5.32 Å². The van der Waals surface area contributed by atoms with Crippen molar-refractivity contribution >= 4 is 17.2 Å². The van der Waals surface area contributed by atoms with Crippen LogP contribution in [-0.4, -0.2) is 22.6 Å². The number of hydrogen-bond donors (Lipinski definition) is 1. The number of halogens is 1. The number of carbonyl (C=O) groups excluding carboxylic acids is 1. The topological polar surface area (TPSA) is 68.0 Å². The van der Waals surface area contributed by atoms with Gasteiger partial charge in [-0.1, -0.05) is 11.2 Å². The number of nitrogens with zero attached hydrogens (tertiary/aromatic N) is 2. The summed E-state index contributed by atoms with van der Waals surface area (Å²) >= 11 is 1.68. The summed E-state index contributed by atoms with van der Waals surface area (Å²) in [6.07, 6.45) is 1.49. The third-order valence-corrected chi connectivity index (χ3v) is 4.35. The number of amides is 1. The number of thiophene rings is 1. The first-order chi connectivity index (χ1) is 11.7. The molecule has 0 radical (unpaired) electrons.